The topological polar surface area (TPSA) is 37.8 Å². The van der Waals surface area contributed by atoms with Gasteiger partial charge in [-0.05, 0) is 46.5 Å². The Morgan fingerprint density at radius 2 is 2.15 bits per heavy atom. The van der Waals surface area contributed by atoms with E-state index in [9.17, 15) is 0 Å². The fraction of sp³-hybridized carbons (Fsp3) is 0.455. The van der Waals surface area contributed by atoms with Crippen molar-refractivity contribution in [3.63, 3.8) is 0 Å². The Hall–Kier alpha value is -1.81. The molecule has 0 bridgehead atoms. The molecule has 0 saturated heterocycles. The summed E-state index contributed by atoms with van der Waals surface area (Å²) in [5, 5.41) is 4.02. The first-order valence-corrected chi connectivity index (χ1v) is 9.85. The third-order valence-corrected chi connectivity index (χ3v) is 4.31. The van der Waals surface area contributed by atoms with Crippen LogP contribution in [0.3, 0.4) is 0 Å². The lowest BCUT2D eigenvalue weighted by Gasteiger charge is -2.16. The highest BCUT2D eigenvalue weighted by Crippen LogP contribution is 2.19. The number of aromatic nitrogens is 2. The Labute approximate surface area is 164 Å². The van der Waals surface area contributed by atoms with Gasteiger partial charge in [-0.1, -0.05) is 61.4 Å². The minimum absolute atomic E-state index is 0.394. The minimum Gasteiger partial charge on any atom is -0.367 e. The van der Waals surface area contributed by atoms with E-state index in [0.29, 0.717) is 11.2 Å². The second kappa shape index (κ2) is 12.5. The zero-order valence-electron chi connectivity index (χ0n) is 16.6. The molecule has 0 radical (unpaired) electrons. The molecule has 26 heavy (non-hydrogen) atoms. The number of nitrogens with one attached hydrogen (secondary N) is 1. The number of thiol groups is 1. The van der Waals surface area contributed by atoms with Crippen LogP contribution < -0.4 is 5.32 Å². The number of aryl methyl sites for hydroxylation is 1. The molecule has 0 aliphatic heterocycles. The lowest BCUT2D eigenvalue weighted by molar-refractivity contribution is 0.682. The van der Waals surface area contributed by atoms with Crippen LogP contribution in [-0.4, -0.2) is 16.0 Å². The van der Waals surface area contributed by atoms with Crippen molar-refractivity contribution in [3.05, 3.63) is 59.9 Å². The van der Waals surface area contributed by atoms with Crippen molar-refractivity contribution in [1.29, 1.82) is 0 Å². The maximum absolute atomic E-state index is 4.48. The molecule has 1 N–H and O–H groups in total. The molecular formula is C22H33N3S. The average Bonchev–Trinajstić information content (AvgIpc) is 2.59. The van der Waals surface area contributed by atoms with E-state index in [1.54, 1.807) is 0 Å². The molecule has 0 aliphatic rings. The highest BCUT2D eigenvalue weighted by Gasteiger charge is 2.09. The van der Waals surface area contributed by atoms with Crippen molar-refractivity contribution in [2.24, 2.45) is 0 Å². The largest absolute Gasteiger partial charge is 0.367 e. The number of nitrogens with zero attached hydrogens (tertiary/aromatic N) is 2. The Morgan fingerprint density at radius 3 is 2.85 bits per heavy atom. The van der Waals surface area contributed by atoms with Gasteiger partial charge < -0.3 is 5.32 Å². The number of rotatable bonds is 11. The predicted octanol–water partition coefficient (Wildman–Crippen LogP) is 6.32. The molecule has 0 fully saturated rings. The fourth-order valence-electron chi connectivity index (χ4n) is 2.55. The van der Waals surface area contributed by atoms with E-state index in [2.05, 4.69) is 67.4 Å². The summed E-state index contributed by atoms with van der Waals surface area (Å²) in [5.41, 5.74) is 3.61. The van der Waals surface area contributed by atoms with Crippen molar-refractivity contribution in [2.75, 3.05) is 5.32 Å². The first-order chi connectivity index (χ1) is 12.5. The molecule has 0 spiro atoms. The number of hydrogen-bond donors (Lipinski definition) is 2. The molecule has 1 unspecified atom stereocenters. The van der Waals surface area contributed by atoms with Crippen molar-refractivity contribution in [3.8, 4) is 0 Å². The van der Waals surface area contributed by atoms with E-state index in [4.69, 9.17) is 0 Å². The van der Waals surface area contributed by atoms with Crippen molar-refractivity contribution >= 4 is 18.4 Å². The summed E-state index contributed by atoms with van der Waals surface area (Å²) in [6.07, 6.45) is 17.3. The van der Waals surface area contributed by atoms with Gasteiger partial charge in [0.25, 0.3) is 0 Å². The molecule has 1 atom stereocenters. The summed E-state index contributed by atoms with van der Waals surface area (Å²) in [5.74, 6) is 0.914. The van der Waals surface area contributed by atoms with Crippen molar-refractivity contribution in [2.45, 2.75) is 71.0 Å². The van der Waals surface area contributed by atoms with E-state index < -0.39 is 0 Å². The Kier molecular flexibility index (Phi) is 10.7. The summed E-state index contributed by atoms with van der Waals surface area (Å²) in [6.45, 7) is 12.6. The monoisotopic (exact) mass is 371 g/mol. The standard InChI is InChI=1S/C22H33N3S/c1-6-8-9-11-17(3)12-13-18(4)14-15-20-16-23-22(26)25-21(20)24-19(5)10-7-2/h6,8-9,11,13,16,19H,3,7,10,12,14-15H2,1-2,4-5H3,(H2,23,24,25,26)/b8-6-,11-9-,18-13+. The molecule has 3 nitrogen and oxygen atoms in total. The van der Waals surface area contributed by atoms with Crippen LogP contribution in [0.4, 0.5) is 5.82 Å². The lowest BCUT2D eigenvalue weighted by atomic mass is 10.0. The zero-order chi connectivity index (χ0) is 19.4. The van der Waals surface area contributed by atoms with Gasteiger partial charge >= 0.3 is 0 Å². The summed E-state index contributed by atoms with van der Waals surface area (Å²) < 4.78 is 0. The third kappa shape index (κ3) is 9.04. The molecule has 142 valence electrons. The Morgan fingerprint density at radius 1 is 1.38 bits per heavy atom. The molecule has 4 heteroatoms. The maximum atomic E-state index is 4.48. The summed E-state index contributed by atoms with van der Waals surface area (Å²) in [7, 11) is 0. The Balaban J connectivity index is 2.65. The fourth-order valence-corrected chi connectivity index (χ4v) is 2.71. The summed E-state index contributed by atoms with van der Waals surface area (Å²) in [6, 6.07) is 0.394. The second-order valence-corrected chi connectivity index (χ2v) is 7.08. The van der Waals surface area contributed by atoms with Crippen LogP contribution in [-0.2, 0) is 6.42 Å². The quantitative estimate of drug-likeness (QED) is 0.207. The highest BCUT2D eigenvalue weighted by atomic mass is 32.1. The SMILES string of the molecule is C=C(/C=C\C=C/C)C/C=C(\C)CCc1cnc(S)nc1NC(C)CCC. The number of allylic oxidation sites excluding steroid dienone is 7. The Bertz CT molecular complexity index is 659. The van der Waals surface area contributed by atoms with Crippen molar-refractivity contribution < 1.29 is 0 Å². The summed E-state index contributed by atoms with van der Waals surface area (Å²) >= 11 is 4.28. The van der Waals surface area contributed by atoms with Crippen LogP contribution >= 0.6 is 12.6 Å². The van der Waals surface area contributed by atoms with E-state index in [1.165, 1.54) is 5.57 Å². The molecule has 0 amide bonds. The van der Waals surface area contributed by atoms with Crippen LogP contribution in [0.1, 0.15) is 58.9 Å². The first kappa shape index (κ1) is 22.2. The number of hydrogen-bond acceptors (Lipinski definition) is 4. The van der Waals surface area contributed by atoms with Crippen LogP contribution in [0.25, 0.3) is 0 Å². The normalized spacial score (nSPS) is 13.5. The molecule has 0 saturated carbocycles. The summed E-state index contributed by atoms with van der Waals surface area (Å²) in [4.78, 5) is 8.73. The van der Waals surface area contributed by atoms with Gasteiger partial charge in [-0.2, -0.15) is 0 Å². The lowest BCUT2D eigenvalue weighted by Crippen LogP contribution is -2.17. The second-order valence-electron chi connectivity index (χ2n) is 6.68. The van der Waals surface area contributed by atoms with Crippen molar-refractivity contribution in [1.82, 2.24) is 9.97 Å². The zero-order valence-corrected chi connectivity index (χ0v) is 17.5. The third-order valence-electron chi connectivity index (χ3n) is 4.09. The highest BCUT2D eigenvalue weighted by molar-refractivity contribution is 7.80. The van der Waals surface area contributed by atoms with E-state index in [0.717, 1.165) is 49.1 Å². The molecule has 1 aromatic heterocycles. The van der Waals surface area contributed by atoms with Crippen LogP contribution in [0.5, 0.6) is 0 Å². The van der Waals surface area contributed by atoms with Gasteiger partial charge in [0.2, 0.25) is 0 Å². The van der Waals surface area contributed by atoms with Gasteiger partial charge in [0.1, 0.15) is 5.82 Å². The molecule has 1 rings (SSSR count). The van der Waals surface area contributed by atoms with E-state index in [-0.39, 0.29) is 0 Å². The average molecular weight is 372 g/mol. The van der Waals surface area contributed by atoms with Crippen LogP contribution in [0.2, 0.25) is 0 Å². The van der Waals surface area contributed by atoms with Gasteiger partial charge in [-0.15, -0.1) is 12.6 Å². The van der Waals surface area contributed by atoms with Gasteiger partial charge in [-0.3, -0.25) is 0 Å². The van der Waals surface area contributed by atoms with Gasteiger partial charge in [0.05, 0.1) is 0 Å². The van der Waals surface area contributed by atoms with Crippen LogP contribution in [0.15, 0.2) is 59.5 Å². The molecule has 1 aromatic rings. The maximum Gasteiger partial charge on any atom is 0.186 e. The smallest absolute Gasteiger partial charge is 0.186 e. The van der Waals surface area contributed by atoms with Gasteiger partial charge in [0.15, 0.2) is 5.16 Å². The van der Waals surface area contributed by atoms with Crippen LogP contribution in [0, 0.1) is 0 Å². The molecule has 1 heterocycles. The molecule has 0 aromatic carbocycles. The van der Waals surface area contributed by atoms with E-state index >= 15 is 0 Å². The van der Waals surface area contributed by atoms with Gasteiger partial charge in [0, 0.05) is 17.8 Å². The van der Waals surface area contributed by atoms with Gasteiger partial charge in [-0.25, -0.2) is 9.97 Å². The predicted molar refractivity (Wildman–Crippen MR) is 117 cm³/mol. The molecule has 0 aliphatic carbocycles. The minimum atomic E-state index is 0.394. The van der Waals surface area contributed by atoms with E-state index in [1.807, 2.05) is 31.3 Å². The molecular weight excluding hydrogens is 338 g/mol. The number of anilines is 1. The first-order valence-electron chi connectivity index (χ1n) is 9.40.